The van der Waals surface area contributed by atoms with E-state index in [1.165, 1.54) is 28.4 Å². The average Bonchev–Trinajstić information content (AvgIpc) is 3.60. The van der Waals surface area contributed by atoms with Crippen molar-refractivity contribution in [2.75, 3.05) is 11.9 Å². The number of carbonyl (C=O) groups is 3. The number of thiazole rings is 1. The van der Waals surface area contributed by atoms with Crippen molar-refractivity contribution in [3.63, 3.8) is 0 Å². The molecule has 2 saturated heterocycles. The average molecular weight is 776 g/mol. The number of carbonyl (C=O) groups excluding carboxylic acids is 3. The number of anilines is 1. The van der Waals surface area contributed by atoms with Crippen LogP contribution >= 0.6 is 11.3 Å². The van der Waals surface area contributed by atoms with Crippen LogP contribution in [0, 0.1) is 12.8 Å². The summed E-state index contributed by atoms with van der Waals surface area (Å²) < 4.78 is 76.1. The summed E-state index contributed by atoms with van der Waals surface area (Å²) in [5.74, 6) is -1.77. The number of rotatable bonds is 7. The van der Waals surface area contributed by atoms with Crippen LogP contribution in [0.4, 0.5) is 18.9 Å². The van der Waals surface area contributed by atoms with E-state index in [0.29, 0.717) is 37.3 Å². The van der Waals surface area contributed by atoms with Crippen LogP contribution in [0.1, 0.15) is 88.2 Å². The number of alkyl halides is 3. The van der Waals surface area contributed by atoms with Crippen molar-refractivity contribution in [1.82, 2.24) is 19.9 Å². The number of nitrogens with one attached hydrogen (secondary N) is 3. The molecule has 2 aliphatic heterocycles. The Bertz CT molecular complexity index is 1990. The van der Waals surface area contributed by atoms with Gasteiger partial charge in [0, 0.05) is 12.1 Å². The van der Waals surface area contributed by atoms with Crippen LogP contribution in [0.5, 0.6) is 5.19 Å². The number of aromatic nitrogens is 1. The van der Waals surface area contributed by atoms with Gasteiger partial charge in [-0.25, -0.2) is 13.4 Å². The molecule has 3 aromatic rings. The molecule has 0 radical (unpaired) electrons. The quantitative estimate of drug-likeness (QED) is 0.262. The van der Waals surface area contributed by atoms with Crippen molar-refractivity contribution in [1.29, 1.82) is 0 Å². The van der Waals surface area contributed by atoms with Gasteiger partial charge in [0.15, 0.2) is 0 Å². The van der Waals surface area contributed by atoms with E-state index in [1.807, 2.05) is 25.1 Å². The summed E-state index contributed by atoms with van der Waals surface area (Å²) in [6, 6.07) is 8.43. The van der Waals surface area contributed by atoms with E-state index in [0.717, 1.165) is 53.6 Å². The third-order valence-electron chi connectivity index (χ3n) is 10.9. The number of fused-ring (bicyclic) bond motifs is 4. The van der Waals surface area contributed by atoms with Gasteiger partial charge in [-0.05, 0) is 87.3 Å². The maximum Gasteiger partial charge on any atom is 0.416 e. The Balaban J connectivity index is 1.20. The predicted octanol–water partition coefficient (Wildman–Crippen LogP) is 6.07. The summed E-state index contributed by atoms with van der Waals surface area (Å²) in [6.45, 7) is 1.96. The number of nitrogens with zero attached hydrogens (tertiary/aromatic N) is 2. The highest BCUT2D eigenvalue weighted by Gasteiger charge is 2.52. The Hall–Kier alpha value is -3.92. The lowest BCUT2D eigenvalue weighted by Gasteiger charge is -2.33. The summed E-state index contributed by atoms with van der Waals surface area (Å²) in [4.78, 5) is 48.8. The molecule has 4 fully saturated rings. The first-order chi connectivity index (χ1) is 25.2. The standard InChI is InChI=1S/C37H44F3N5O6S2/c1-22-11-14-28-31(17-22)52-35(42-28)51-26-19-30-32(46)43-36(34(48)44-53(49,50)27-12-13-27)16-15-23(20-36)7-4-2-3-5-10-29(33(47)45(30)21-26)41-25-9-6-8-24(18-25)37(38,39)40/h6,8-9,11,14,17-18,23,26-27,29-30,41H,2-5,7,10,12-13,15-16,19-21H2,1H3,(H,43,46)(H,44,48)/t23?,26-,29+,30+,36-/m1/s1. The zero-order chi connectivity index (χ0) is 37.5. The summed E-state index contributed by atoms with van der Waals surface area (Å²) in [6.07, 6.45) is 1.09. The van der Waals surface area contributed by atoms with Crippen LogP contribution in [0.2, 0.25) is 0 Å². The van der Waals surface area contributed by atoms with Gasteiger partial charge < -0.3 is 20.3 Å². The second-order valence-electron chi connectivity index (χ2n) is 15.1. The minimum atomic E-state index is -4.58. The lowest BCUT2D eigenvalue weighted by atomic mass is 9.92. The van der Waals surface area contributed by atoms with Gasteiger partial charge in [-0.2, -0.15) is 13.2 Å². The lowest BCUT2D eigenvalue weighted by molar-refractivity contribution is -0.141. The number of benzene rings is 2. The second-order valence-corrected chi connectivity index (χ2v) is 18.0. The maximum atomic E-state index is 14.5. The van der Waals surface area contributed by atoms with Crippen molar-refractivity contribution >= 4 is 55.0 Å². The molecule has 1 unspecified atom stereocenters. The minimum absolute atomic E-state index is 0.00940. The van der Waals surface area contributed by atoms with E-state index < -0.39 is 68.5 Å². The molecule has 3 amide bonds. The fraction of sp³-hybridized carbons (Fsp3) is 0.568. The van der Waals surface area contributed by atoms with Crippen molar-refractivity contribution in [3.05, 3.63) is 53.6 Å². The van der Waals surface area contributed by atoms with Gasteiger partial charge >= 0.3 is 6.18 Å². The Morgan fingerprint density at radius 1 is 1.04 bits per heavy atom. The van der Waals surface area contributed by atoms with Crippen LogP contribution in [0.15, 0.2) is 42.5 Å². The van der Waals surface area contributed by atoms with Gasteiger partial charge in [-0.1, -0.05) is 55.6 Å². The Labute approximate surface area is 310 Å². The van der Waals surface area contributed by atoms with Gasteiger partial charge in [0.05, 0.1) is 27.6 Å². The molecule has 286 valence electrons. The fourth-order valence-electron chi connectivity index (χ4n) is 7.94. The molecule has 3 heterocycles. The molecule has 53 heavy (non-hydrogen) atoms. The molecule has 2 bridgehead atoms. The van der Waals surface area contributed by atoms with E-state index in [2.05, 4.69) is 20.3 Å². The zero-order valence-corrected chi connectivity index (χ0v) is 31.0. The molecule has 2 saturated carbocycles. The molecule has 1 aromatic heterocycles. The molecule has 3 N–H and O–H groups in total. The van der Waals surface area contributed by atoms with E-state index in [4.69, 9.17) is 4.74 Å². The lowest BCUT2D eigenvalue weighted by Crippen LogP contribution is -2.62. The van der Waals surface area contributed by atoms with Gasteiger partial charge in [0.1, 0.15) is 23.7 Å². The highest BCUT2D eigenvalue weighted by Crippen LogP contribution is 2.40. The second kappa shape index (κ2) is 14.7. The summed E-state index contributed by atoms with van der Waals surface area (Å²) in [7, 11) is -3.90. The number of hydrogen-bond acceptors (Lipinski definition) is 9. The Morgan fingerprint density at radius 3 is 2.57 bits per heavy atom. The number of halogens is 3. The fourth-order valence-corrected chi connectivity index (χ4v) is 10.3. The molecule has 2 aromatic carbocycles. The number of ether oxygens (including phenoxy) is 1. The van der Waals surface area contributed by atoms with E-state index in [-0.39, 0.29) is 37.4 Å². The number of hydrogen-bond donors (Lipinski definition) is 3. The van der Waals surface area contributed by atoms with Crippen LogP contribution in [0.3, 0.4) is 0 Å². The van der Waals surface area contributed by atoms with Gasteiger partial charge in [-0.3, -0.25) is 19.1 Å². The van der Waals surface area contributed by atoms with Crippen LogP contribution in [0.25, 0.3) is 10.2 Å². The molecular weight excluding hydrogens is 732 g/mol. The maximum absolute atomic E-state index is 14.5. The van der Waals surface area contributed by atoms with Crippen molar-refractivity contribution in [3.8, 4) is 5.19 Å². The van der Waals surface area contributed by atoms with Crippen LogP contribution in [-0.2, 0) is 30.6 Å². The van der Waals surface area contributed by atoms with E-state index >= 15 is 0 Å². The number of sulfonamides is 1. The van der Waals surface area contributed by atoms with E-state index in [9.17, 15) is 36.0 Å². The van der Waals surface area contributed by atoms with E-state index in [1.54, 1.807) is 0 Å². The third-order valence-corrected chi connectivity index (χ3v) is 13.7. The number of amides is 3. The van der Waals surface area contributed by atoms with Gasteiger partial charge in [-0.15, -0.1) is 0 Å². The Kier molecular flexibility index (Phi) is 10.4. The predicted molar refractivity (Wildman–Crippen MR) is 194 cm³/mol. The molecule has 5 atom stereocenters. The highest BCUT2D eigenvalue weighted by atomic mass is 32.2. The smallest absolute Gasteiger partial charge is 0.416 e. The molecule has 2 aliphatic carbocycles. The highest BCUT2D eigenvalue weighted by molar-refractivity contribution is 7.91. The Morgan fingerprint density at radius 2 is 1.81 bits per heavy atom. The molecular formula is C37H44F3N5O6S2. The molecule has 7 rings (SSSR count). The first kappa shape index (κ1) is 37.4. The van der Waals surface area contributed by atoms with Crippen molar-refractivity contribution in [2.24, 2.45) is 5.92 Å². The normalized spacial score (nSPS) is 27.4. The first-order valence-electron chi connectivity index (χ1n) is 18.4. The van der Waals surface area contributed by atoms with Crippen molar-refractivity contribution < 1.29 is 40.7 Å². The SMILES string of the molecule is Cc1ccc2nc(O[C@@H]3C[C@H]4C(=O)N[C@]5(C(=O)NS(=O)(=O)C6CC6)CCC(CCCCCC[C@H](Nc6cccc(C(F)(F)F)c6)C(=O)N4C3)C5)sc2c1. The van der Waals surface area contributed by atoms with Gasteiger partial charge in [0.25, 0.3) is 11.1 Å². The largest absolute Gasteiger partial charge is 0.465 e. The third kappa shape index (κ3) is 8.43. The zero-order valence-electron chi connectivity index (χ0n) is 29.4. The molecule has 0 spiro atoms. The van der Waals surface area contributed by atoms with Gasteiger partial charge in [0.2, 0.25) is 21.8 Å². The molecule has 11 nitrogen and oxygen atoms in total. The minimum Gasteiger partial charge on any atom is -0.465 e. The first-order valence-corrected chi connectivity index (χ1v) is 20.7. The summed E-state index contributed by atoms with van der Waals surface area (Å²) in [5.41, 5.74) is -0.422. The molecule has 4 aliphatic rings. The summed E-state index contributed by atoms with van der Waals surface area (Å²) in [5, 5.41) is 5.72. The number of aryl methyl sites for hydroxylation is 1. The monoisotopic (exact) mass is 775 g/mol. The van der Waals surface area contributed by atoms with Crippen LogP contribution in [-0.4, -0.2) is 71.5 Å². The van der Waals surface area contributed by atoms with Crippen molar-refractivity contribution in [2.45, 2.75) is 119 Å². The molecule has 16 heteroatoms. The topological polar surface area (TPSA) is 147 Å². The van der Waals surface area contributed by atoms with Crippen LogP contribution < -0.4 is 20.1 Å². The summed E-state index contributed by atoms with van der Waals surface area (Å²) >= 11 is 1.34.